The van der Waals surface area contributed by atoms with Crippen molar-refractivity contribution in [2.45, 2.75) is 26.5 Å². The Balaban J connectivity index is 1.92. The molecule has 0 spiro atoms. The maximum Gasteiger partial charge on any atom is 0.338 e. The van der Waals surface area contributed by atoms with E-state index in [4.69, 9.17) is 16.3 Å². The van der Waals surface area contributed by atoms with Crippen LogP contribution in [0.25, 0.3) is 0 Å². The molecule has 0 aromatic heterocycles. The fourth-order valence-corrected chi connectivity index (χ4v) is 2.38. The van der Waals surface area contributed by atoms with Gasteiger partial charge in [0.15, 0.2) is 6.10 Å². The molecular weight excluding hydrogens is 356 g/mol. The van der Waals surface area contributed by atoms with Crippen LogP contribution in [0.15, 0.2) is 48.5 Å². The highest BCUT2D eigenvalue weighted by Crippen LogP contribution is 2.15. The summed E-state index contributed by atoms with van der Waals surface area (Å²) >= 11 is 6.04. The first-order valence-corrected chi connectivity index (χ1v) is 8.34. The van der Waals surface area contributed by atoms with Gasteiger partial charge in [0, 0.05) is 24.2 Å². The lowest BCUT2D eigenvalue weighted by Gasteiger charge is -2.14. The van der Waals surface area contributed by atoms with Crippen LogP contribution in [0.5, 0.6) is 0 Å². The van der Waals surface area contributed by atoms with Crippen molar-refractivity contribution in [3.63, 3.8) is 0 Å². The van der Waals surface area contributed by atoms with E-state index in [9.17, 15) is 14.4 Å². The average molecular weight is 375 g/mol. The molecule has 2 N–H and O–H groups in total. The Kier molecular flexibility index (Phi) is 6.74. The van der Waals surface area contributed by atoms with E-state index >= 15 is 0 Å². The molecule has 0 radical (unpaired) electrons. The molecule has 0 fully saturated rings. The second-order valence-electron chi connectivity index (χ2n) is 5.62. The molecule has 0 aliphatic rings. The molecule has 1 atom stereocenters. The number of carbonyl (C=O) groups excluding carboxylic acids is 3. The van der Waals surface area contributed by atoms with Crippen molar-refractivity contribution >= 4 is 35.1 Å². The minimum atomic E-state index is -0.977. The van der Waals surface area contributed by atoms with Gasteiger partial charge in [-0.05, 0) is 36.8 Å². The standard InChI is InChI=1S/C19H19ClN2O4/c1-12(18(24)21-11-15-6-3-4-9-17(15)20)26-19(25)14-7-5-8-16(10-14)22-13(2)23/h3-10,12H,11H2,1-2H3,(H,21,24)(H,22,23)/t12-/m1/s1. The van der Waals surface area contributed by atoms with Crippen LogP contribution in [0.2, 0.25) is 5.02 Å². The van der Waals surface area contributed by atoms with E-state index in [1.54, 1.807) is 36.4 Å². The highest BCUT2D eigenvalue weighted by molar-refractivity contribution is 6.31. The molecule has 136 valence electrons. The Morgan fingerprint density at radius 2 is 1.85 bits per heavy atom. The van der Waals surface area contributed by atoms with Gasteiger partial charge in [-0.25, -0.2) is 4.79 Å². The quantitative estimate of drug-likeness (QED) is 0.760. The monoisotopic (exact) mass is 374 g/mol. The lowest BCUT2D eigenvalue weighted by molar-refractivity contribution is -0.129. The van der Waals surface area contributed by atoms with Gasteiger partial charge in [0.1, 0.15) is 0 Å². The summed E-state index contributed by atoms with van der Waals surface area (Å²) in [6, 6.07) is 13.4. The Morgan fingerprint density at radius 1 is 1.12 bits per heavy atom. The summed E-state index contributed by atoms with van der Waals surface area (Å²) in [7, 11) is 0. The van der Waals surface area contributed by atoms with Crippen LogP contribution in [0.3, 0.4) is 0 Å². The van der Waals surface area contributed by atoms with E-state index in [2.05, 4.69) is 10.6 Å². The molecule has 26 heavy (non-hydrogen) atoms. The molecular formula is C19H19ClN2O4. The molecule has 2 aromatic rings. The summed E-state index contributed by atoms with van der Waals surface area (Å²) in [5.74, 6) is -1.34. The zero-order chi connectivity index (χ0) is 19.1. The molecule has 2 rings (SSSR count). The lowest BCUT2D eigenvalue weighted by Crippen LogP contribution is -2.35. The minimum absolute atomic E-state index is 0.235. The Bertz CT molecular complexity index is 823. The van der Waals surface area contributed by atoms with Crippen molar-refractivity contribution in [1.82, 2.24) is 5.32 Å². The molecule has 2 amide bonds. The van der Waals surface area contributed by atoms with Gasteiger partial charge in [-0.2, -0.15) is 0 Å². The maximum atomic E-state index is 12.2. The average Bonchev–Trinajstić information content (AvgIpc) is 2.60. The SMILES string of the molecule is CC(=O)Nc1cccc(C(=O)O[C@H](C)C(=O)NCc2ccccc2Cl)c1. The minimum Gasteiger partial charge on any atom is -0.449 e. The van der Waals surface area contributed by atoms with Gasteiger partial charge in [0.05, 0.1) is 5.56 Å². The third-order valence-corrected chi connectivity index (χ3v) is 3.85. The smallest absolute Gasteiger partial charge is 0.338 e. The fourth-order valence-electron chi connectivity index (χ4n) is 2.18. The van der Waals surface area contributed by atoms with E-state index in [0.717, 1.165) is 5.56 Å². The van der Waals surface area contributed by atoms with Gasteiger partial charge in [-0.1, -0.05) is 35.9 Å². The largest absolute Gasteiger partial charge is 0.449 e. The second kappa shape index (κ2) is 9.01. The summed E-state index contributed by atoms with van der Waals surface area (Å²) in [5.41, 5.74) is 1.48. The normalized spacial score (nSPS) is 11.3. The summed E-state index contributed by atoms with van der Waals surface area (Å²) in [6.07, 6.45) is -0.977. The number of halogens is 1. The highest BCUT2D eigenvalue weighted by Gasteiger charge is 2.19. The number of nitrogens with one attached hydrogen (secondary N) is 2. The Morgan fingerprint density at radius 3 is 2.54 bits per heavy atom. The first kappa shape index (κ1) is 19.5. The van der Waals surface area contributed by atoms with Gasteiger partial charge in [0.2, 0.25) is 5.91 Å². The van der Waals surface area contributed by atoms with Crippen LogP contribution in [-0.2, 0) is 20.9 Å². The predicted octanol–water partition coefficient (Wildman–Crippen LogP) is 3.16. The number of benzene rings is 2. The van der Waals surface area contributed by atoms with E-state index < -0.39 is 18.0 Å². The number of hydrogen-bond donors (Lipinski definition) is 2. The summed E-state index contributed by atoms with van der Waals surface area (Å²) in [5, 5.41) is 5.81. The number of rotatable bonds is 6. The first-order valence-electron chi connectivity index (χ1n) is 7.96. The third kappa shape index (κ3) is 5.60. The van der Waals surface area contributed by atoms with E-state index in [-0.39, 0.29) is 18.0 Å². The summed E-state index contributed by atoms with van der Waals surface area (Å²) < 4.78 is 5.18. The molecule has 0 saturated carbocycles. The van der Waals surface area contributed by atoms with Crippen molar-refractivity contribution in [2.24, 2.45) is 0 Å². The first-order chi connectivity index (χ1) is 12.4. The van der Waals surface area contributed by atoms with Crippen LogP contribution in [-0.4, -0.2) is 23.9 Å². The highest BCUT2D eigenvalue weighted by atomic mass is 35.5. The van der Waals surface area contributed by atoms with Gasteiger partial charge < -0.3 is 15.4 Å². The van der Waals surface area contributed by atoms with E-state index in [1.807, 2.05) is 6.07 Å². The molecule has 0 aliphatic heterocycles. The number of ether oxygens (including phenoxy) is 1. The van der Waals surface area contributed by atoms with E-state index in [0.29, 0.717) is 10.7 Å². The second-order valence-corrected chi connectivity index (χ2v) is 6.03. The van der Waals surface area contributed by atoms with Crippen molar-refractivity contribution in [1.29, 1.82) is 0 Å². The maximum absolute atomic E-state index is 12.2. The number of esters is 1. The van der Waals surface area contributed by atoms with Crippen LogP contribution in [0.4, 0.5) is 5.69 Å². The number of carbonyl (C=O) groups is 3. The number of amides is 2. The van der Waals surface area contributed by atoms with Crippen LogP contribution >= 0.6 is 11.6 Å². The van der Waals surface area contributed by atoms with Crippen molar-refractivity contribution in [3.8, 4) is 0 Å². The van der Waals surface area contributed by atoms with Gasteiger partial charge in [-0.15, -0.1) is 0 Å². The molecule has 0 bridgehead atoms. The van der Waals surface area contributed by atoms with Crippen molar-refractivity contribution in [3.05, 3.63) is 64.7 Å². The molecule has 0 aliphatic carbocycles. The summed E-state index contributed by atoms with van der Waals surface area (Å²) in [4.78, 5) is 35.4. The lowest BCUT2D eigenvalue weighted by atomic mass is 10.2. The van der Waals surface area contributed by atoms with Gasteiger partial charge >= 0.3 is 5.97 Å². The fraction of sp³-hybridized carbons (Fsp3) is 0.211. The molecule has 2 aromatic carbocycles. The predicted molar refractivity (Wildman–Crippen MR) is 98.9 cm³/mol. The van der Waals surface area contributed by atoms with Crippen LogP contribution in [0.1, 0.15) is 29.8 Å². The zero-order valence-corrected chi connectivity index (χ0v) is 15.2. The zero-order valence-electron chi connectivity index (χ0n) is 14.4. The number of hydrogen-bond acceptors (Lipinski definition) is 4. The molecule has 6 nitrogen and oxygen atoms in total. The van der Waals surface area contributed by atoms with Crippen molar-refractivity contribution in [2.75, 3.05) is 5.32 Å². The Labute approximate surface area is 156 Å². The molecule has 7 heteroatoms. The molecule has 0 heterocycles. The van der Waals surface area contributed by atoms with Crippen molar-refractivity contribution < 1.29 is 19.1 Å². The van der Waals surface area contributed by atoms with Crippen LogP contribution in [0, 0.1) is 0 Å². The topological polar surface area (TPSA) is 84.5 Å². The van der Waals surface area contributed by atoms with E-state index in [1.165, 1.54) is 19.9 Å². The van der Waals surface area contributed by atoms with Crippen LogP contribution < -0.4 is 10.6 Å². The third-order valence-electron chi connectivity index (χ3n) is 3.48. The summed E-state index contributed by atoms with van der Waals surface area (Å²) in [6.45, 7) is 3.09. The number of anilines is 1. The molecule has 0 saturated heterocycles. The van der Waals surface area contributed by atoms with Gasteiger partial charge in [-0.3, -0.25) is 9.59 Å². The van der Waals surface area contributed by atoms with Gasteiger partial charge in [0.25, 0.3) is 5.91 Å². The molecule has 0 unspecified atom stereocenters. The Hall–Kier alpha value is -2.86.